The molecule has 0 bridgehead atoms. The van der Waals surface area contributed by atoms with Crippen LogP contribution >= 0.6 is 11.3 Å². The molecule has 2 rings (SSSR count). The lowest BCUT2D eigenvalue weighted by Crippen LogP contribution is -2.21. The smallest absolute Gasteiger partial charge is 0.146 e. The van der Waals surface area contributed by atoms with Crippen molar-refractivity contribution >= 4 is 11.3 Å². The first kappa shape index (κ1) is 8.23. The summed E-state index contributed by atoms with van der Waals surface area (Å²) in [7, 11) is 0. The Morgan fingerprint density at radius 2 is 2.08 bits per heavy atom. The molecule has 66 valence electrons. The van der Waals surface area contributed by atoms with Crippen LogP contribution in [-0.2, 0) is 9.47 Å². The van der Waals surface area contributed by atoms with Crippen LogP contribution in [0.5, 0.6) is 0 Å². The van der Waals surface area contributed by atoms with Crippen molar-refractivity contribution in [3.8, 4) is 0 Å². The molecule has 0 aromatic carbocycles. The maximum Gasteiger partial charge on any atom is 0.146 e. The predicted molar refractivity (Wildman–Crippen MR) is 48.6 cm³/mol. The fraction of sp³-hybridized carbons (Fsp3) is 0.556. The first-order chi connectivity index (χ1) is 5.86. The van der Waals surface area contributed by atoms with Gasteiger partial charge in [0.25, 0.3) is 0 Å². The molecule has 1 saturated heterocycles. The van der Waals surface area contributed by atoms with Gasteiger partial charge in [-0.1, -0.05) is 0 Å². The number of hydrogen-bond donors (Lipinski definition) is 0. The number of aryl methyl sites for hydroxylation is 1. The van der Waals surface area contributed by atoms with Gasteiger partial charge in [0.2, 0.25) is 0 Å². The molecule has 0 unspecified atom stereocenters. The van der Waals surface area contributed by atoms with Gasteiger partial charge >= 0.3 is 0 Å². The summed E-state index contributed by atoms with van der Waals surface area (Å²) >= 11 is 1.83. The number of hydrogen-bond acceptors (Lipinski definition) is 3. The standard InChI is InChI=1S/C9H12O2S/c1-7-2-3-9(12-7)8-4-10-6-11-5-8/h2-3,8H,4-6H2,1H3. The molecule has 1 aromatic rings. The fourth-order valence-electron chi connectivity index (χ4n) is 1.32. The Labute approximate surface area is 76.1 Å². The number of rotatable bonds is 1. The summed E-state index contributed by atoms with van der Waals surface area (Å²) in [6, 6.07) is 4.32. The molecule has 0 spiro atoms. The molecule has 2 nitrogen and oxygen atoms in total. The Morgan fingerprint density at radius 1 is 1.33 bits per heavy atom. The van der Waals surface area contributed by atoms with Crippen LogP contribution < -0.4 is 0 Å². The van der Waals surface area contributed by atoms with Crippen molar-refractivity contribution in [2.45, 2.75) is 12.8 Å². The molecular formula is C9H12O2S. The van der Waals surface area contributed by atoms with E-state index in [1.165, 1.54) is 9.75 Å². The molecule has 0 radical (unpaired) electrons. The monoisotopic (exact) mass is 184 g/mol. The van der Waals surface area contributed by atoms with Gasteiger partial charge in [0, 0.05) is 15.7 Å². The average molecular weight is 184 g/mol. The summed E-state index contributed by atoms with van der Waals surface area (Å²) < 4.78 is 10.5. The van der Waals surface area contributed by atoms with Gasteiger partial charge in [-0.2, -0.15) is 0 Å². The molecule has 3 heteroatoms. The second kappa shape index (κ2) is 3.56. The maximum atomic E-state index is 5.23. The van der Waals surface area contributed by atoms with Gasteiger partial charge in [0.1, 0.15) is 6.79 Å². The second-order valence-corrected chi connectivity index (χ2v) is 4.32. The van der Waals surface area contributed by atoms with Crippen molar-refractivity contribution < 1.29 is 9.47 Å². The highest BCUT2D eigenvalue weighted by atomic mass is 32.1. The van der Waals surface area contributed by atoms with Crippen molar-refractivity contribution in [2.75, 3.05) is 20.0 Å². The SMILES string of the molecule is Cc1ccc(C2COCOC2)s1. The highest BCUT2D eigenvalue weighted by Crippen LogP contribution is 2.26. The van der Waals surface area contributed by atoms with E-state index in [0.29, 0.717) is 12.7 Å². The Hall–Kier alpha value is -0.380. The van der Waals surface area contributed by atoms with Gasteiger partial charge in [-0.3, -0.25) is 0 Å². The lowest BCUT2D eigenvalue weighted by Gasteiger charge is -2.20. The maximum absolute atomic E-state index is 5.23. The summed E-state index contributed by atoms with van der Waals surface area (Å²) in [4.78, 5) is 2.74. The van der Waals surface area contributed by atoms with Crippen molar-refractivity contribution in [2.24, 2.45) is 0 Å². The average Bonchev–Trinajstić information content (AvgIpc) is 2.54. The first-order valence-corrected chi connectivity index (χ1v) is 4.90. The molecular weight excluding hydrogens is 172 g/mol. The summed E-state index contributed by atoms with van der Waals surface area (Å²) in [6.07, 6.45) is 0. The molecule has 1 aliphatic heterocycles. The molecule has 1 fully saturated rings. The minimum Gasteiger partial charge on any atom is -0.355 e. The quantitative estimate of drug-likeness (QED) is 0.665. The first-order valence-electron chi connectivity index (χ1n) is 4.08. The predicted octanol–water partition coefficient (Wildman–Crippen LogP) is 2.14. The summed E-state index contributed by atoms with van der Waals surface area (Å²) in [5.41, 5.74) is 0. The topological polar surface area (TPSA) is 18.5 Å². The molecule has 1 aliphatic rings. The van der Waals surface area contributed by atoms with Gasteiger partial charge in [-0.15, -0.1) is 11.3 Å². The Bertz CT molecular complexity index is 251. The lowest BCUT2D eigenvalue weighted by atomic mass is 10.1. The van der Waals surface area contributed by atoms with E-state index in [4.69, 9.17) is 9.47 Å². The molecule has 12 heavy (non-hydrogen) atoms. The normalized spacial score (nSPS) is 19.8. The van der Waals surface area contributed by atoms with Crippen molar-refractivity contribution in [1.82, 2.24) is 0 Å². The number of thiophene rings is 1. The number of ether oxygens (including phenoxy) is 2. The summed E-state index contributed by atoms with van der Waals surface area (Å²) in [5, 5.41) is 0. The Balaban J connectivity index is 2.08. The van der Waals surface area contributed by atoms with Gasteiger partial charge in [-0.25, -0.2) is 0 Å². The van der Waals surface area contributed by atoms with Gasteiger partial charge in [-0.05, 0) is 19.1 Å². The fourth-order valence-corrected chi connectivity index (χ4v) is 2.27. The summed E-state index contributed by atoms with van der Waals surface area (Å²) in [6.45, 7) is 4.19. The van der Waals surface area contributed by atoms with Crippen LogP contribution in [0.3, 0.4) is 0 Å². The third kappa shape index (κ3) is 1.68. The zero-order valence-electron chi connectivity index (χ0n) is 7.08. The van der Waals surface area contributed by atoms with E-state index in [1.807, 2.05) is 11.3 Å². The van der Waals surface area contributed by atoms with Crippen LogP contribution in [-0.4, -0.2) is 20.0 Å². The molecule has 0 aliphatic carbocycles. The van der Waals surface area contributed by atoms with Crippen molar-refractivity contribution in [1.29, 1.82) is 0 Å². The van der Waals surface area contributed by atoms with Crippen LogP contribution in [0.2, 0.25) is 0 Å². The van der Waals surface area contributed by atoms with E-state index in [0.717, 1.165) is 13.2 Å². The van der Waals surface area contributed by atoms with E-state index in [1.54, 1.807) is 0 Å². The van der Waals surface area contributed by atoms with Crippen LogP contribution in [0.25, 0.3) is 0 Å². The van der Waals surface area contributed by atoms with E-state index in [-0.39, 0.29) is 0 Å². The summed E-state index contributed by atoms with van der Waals surface area (Å²) in [5.74, 6) is 0.456. The minimum absolute atomic E-state index is 0.456. The molecule has 0 saturated carbocycles. The highest BCUT2D eigenvalue weighted by Gasteiger charge is 2.17. The van der Waals surface area contributed by atoms with Gasteiger partial charge < -0.3 is 9.47 Å². The zero-order chi connectivity index (χ0) is 8.39. The van der Waals surface area contributed by atoms with Gasteiger partial charge in [0.15, 0.2) is 0 Å². The third-order valence-electron chi connectivity index (χ3n) is 1.97. The molecule has 0 N–H and O–H groups in total. The lowest BCUT2D eigenvalue weighted by molar-refractivity contribution is -0.107. The van der Waals surface area contributed by atoms with E-state index < -0.39 is 0 Å². The molecule has 2 heterocycles. The third-order valence-corrected chi connectivity index (χ3v) is 3.13. The van der Waals surface area contributed by atoms with E-state index >= 15 is 0 Å². The van der Waals surface area contributed by atoms with Crippen LogP contribution in [0.1, 0.15) is 15.7 Å². The zero-order valence-corrected chi connectivity index (χ0v) is 7.89. The van der Waals surface area contributed by atoms with E-state index in [2.05, 4.69) is 19.1 Å². The minimum atomic E-state index is 0.456. The highest BCUT2D eigenvalue weighted by molar-refractivity contribution is 7.12. The van der Waals surface area contributed by atoms with Crippen molar-refractivity contribution in [3.05, 3.63) is 21.9 Å². The molecule has 0 amide bonds. The second-order valence-electron chi connectivity index (χ2n) is 3.00. The molecule has 0 atom stereocenters. The van der Waals surface area contributed by atoms with E-state index in [9.17, 15) is 0 Å². The Kier molecular flexibility index (Phi) is 2.44. The Morgan fingerprint density at radius 3 is 2.67 bits per heavy atom. The van der Waals surface area contributed by atoms with Crippen molar-refractivity contribution in [3.63, 3.8) is 0 Å². The van der Waals surface area contributed by atoms with Gasteiger partial charge in [0.05, 0.1) is 13.2 Å². The molecule has 1 aromatic heterocycles. The van der Waals surface area contributed by atoms with Crippen LogP contribution in [0.15, 0.2) is 12.1 Å². The van der Waals surface area contributed by atoms with Crippen LogP contribution in [0, 0.1) is 6.92 Å². The van der Waals surface area contributed by atoms with Crippen LogP contribution in [0.4, 0.5) is 0 Å². The largest absolute Gasteiger partial charge is 0.355 e.